The van der Waals surface area contributed by atoms with Gasteiger partial charge in [0, 0.05) is 18.2 Å². The summed E-state index contributed by atoms with van der Waals surface area (Å²) in [5, 5.41) is 8.60. The molecular weight excluding hydrogens is 376 g/mol. The van der Waals surface area contributed by atoms with E-state index in [4.69, 9.17) is 0 Å². The molecule has 3 aromatic rings. The summed E-state index contributed by atoms with van der Waals surface area (Å²) < 4.78 is 30.6. The van der Waals surface area contributed by atoms with Gasteiger partial charge in [-0.15, -0.1) is 10.2 Å². The van der Waals surface area contributed by atoms with E-state index in [1.54, 1.807) is 6.20 Å². The first-order valence-corrected chi connectivity index (χ1v) is 11.8. The highest BCUT2D eigenvalue weighted by atomic mass is 32.2. The number of hydrogen-bond acceptors (Lipinski definition) is 5. The Labute approximate surface area is 164 Å². The largest absolute Gasteiger partial charge is 0.345 e. The van der Waals surface area contributed by atoms with Gasteiger partial charge in [-0.25, -0.2) is 18.1 Å². The molecule has 3 atom stereocenters. The second-order valence-electron chi connectivity index (χ2n) is 8.23. The van der Waals surface area contributed by atoms with Crippen molar-refractivity contribution >= 4 is 26.8 Å². The number of aromatic amines is 1. The fourth-order valence-corrected chi connectivity index (χ4v) is 6.96. The summed E-state index contributed by atoms with van der Waals surface area (Å²) in [5.41, 5.74) is 2.49. The highest BCUT2D eigenvalue weighted by molar-refractivity contribution is 7.90. The molecule has 3 heterocycles. The fourth-order valence-electron chi connectivity index (χ4n) is 5.15. The smallest absolute Gasteiger partial charge is 0.214 e. The van der Waals surface area contributed by atoms with Crippen LogP contribution in [0.1, 0.15) is 63.6 Å². The summed E-state index contributed by atoms with van der Waals surface area (Å²) in [5.74, 6) is 1.47. The van der Waals surface area contributed by atoms with Gasteiger partial charge in [-0.05, 0) is 37.7 Å². The highest BCUT2D eigenvalue weighted by Gasteiger charge is 2.40. The van der Waals surface area contributed by atoms with E-state index < -0.39 is 10.0 Å². The minimum absolute atomic E-state index is 0.0311. The Morgan fingerprint density at radius 3 is 2.86 bits per heavy atom. The number of aromatic nitrogens is 5. The van der Waals surface area contributed by atoms with Crippen LogP contribution in [-0.4, -0.2) is 44.3 Å². The average molecular weight is 403 g/mol. The third kappa shape index (κ3) is 2.91. The van der Waals surface area contributed by atoms with Crippen LogP contribution in [-0.2, 0) is 10.0 Å². The van der Waals surface area contributed by atoms with Gasteiger partial charge >= 0.3 is 0 Å². The van der Waals surface area contributed by atoms with Gasteiger partial charge in [0.05, 0.1) is 17.0 Å². The van der Waals surface area contributed by atoms with Crippen LogP contribution in [0.5, 0.6) is 0 Å². The lowest BCUT2D eigenvalue weighted by atomic mass is 9.93. The molecule has 0 unspecified atom stereocenters. The van der Waals surface area contributed by atoms with Gasteiger partial charge in [0.2, 0.25) is 10.0 Å². The number of fused-ring (bicyclic) bond motifs is 3. The van der Waals surface area contributed by atoms with E-state index >= 15 is 0 Å². The number of nitrogens with zero attached hydrogens (tertiary/aromatic N) is 4. The van der Waals surface area contributed by atoms with Crippen molar-refractivity contribution < 1.29 is 8.42 Å². The molecule has 28 heavy (non-hydrogen) atoms. The van der Waals surface area contributed by atoms with E-state index in [0.717, 1.165) is 67.6 Å². The molecule has 2 aliphatic rings. The molecule has 5 rings (SSSR count). The normalized spacial score (nSPS) is 26.7. The number of hydrogen-bond donors (Lipinski definition) is 2. The van der Waals surface area contributed by atoms with Crippen LogP contribution in [0.2, 0.25) is 0 Å². The lowest BCUT2D eigenvalue weighted by molar-refractivity contribution is 0.449. The molecule has 0 aliphatic heterocycles. The van der Waals surface area contributed by atoms with E-state index in [2.05, 4.69) is 36.2 Å². The number of rotatable bonds is 5. The molecule has 0 amide bonds. The molecule has 8 nitrogen and oxygen atoms in total. The van der Waals surface area contributed by atoms with Crippen LogP contribution in [0.3, 0.4) is 0 Å². The minimum Gasteiger partial charge on any atom is -0.345 e. The van der Waals surface area contributed by atoms with E-state index in [-0.39, 0.29) is 17.2 Å². The minimum atomic E-state index is -3.24. The predicted molar refractivity (Wildman–Crippen MR) is 106 cm³/mol. The summed E-state index contributed by atoms with van der Waals surface area (Å²) in [4.78, 5) is 7.52. The first-order chi connectivity index (χ1) is 13.6. The van der Waals surface area contributed by atoms with Crippen molar-refractivity contribution in [1.82, 2.24) is 29.3 Å². The molecule has 0 bridgehead atoms. The highest BCUT2D eigenvalue weighted by Crippen LogP contribution is 2.42. The van der Waals surface area contributed by atoms with Gasteiger partial charge in [-0.1, -0.05) is 26.2 Å². The van der Waals surface area contributed by atoms with Gasteiger partial charge in [0.15, 0.2) is 11.3 Å². The van der Waals surface area contributed by atoms with Gasteiger partial charge < -0.3 is 4.98 Å². The molecule has 150 valence electrons. The second kappa shape index (κ2) is 6.81. The van der Waals surface area contributed by atoms with E-state index in [9.17, 15) is 8.42 Å². The number of sulfonamides is 1. The predicted octanol–water partition coefficient (Wildman–Crippen LogP) is 2.74. The summed E-state index contributed by atoms with van der Waals surface area (Å²) >= 11 is 0. The molecule has 2 aliphatic carbocycles. The molecular formula is C19H26N6O2S. The van der Waals surface area contributed by atoms with Crippen molar-refractivity contribution in [3.63, 3.8) is 0 Å². The van der Waals surface area contributed by atoms with Gasteiger partial charge in [-0.3, -0.25) is 4.40 Å². The first-order valence-electron chi connectivity index (χ1n) is 10.2. The summed E-state index contributed by atoms with van der Waals surface area (Å²) in [7, 11) is -3.24. The zero-order valence-corrected chi connectivity index (χ0v) is 16.8. The summed E-state index contributed by atoms with van der Waals surface area (Å²) in [6.45, 7) is 2.17. The van der Waals surface area contributed by atoms with Crippen LogP contribution in [0.4, 0.5) is 0 Å². The zero-order valence-electron chi connectivity index (χ0n) is 16.0. The molecule has 2 fully saturated rings. The first kappa shape index (κ1) is 18.1. The van der Waals surface area contributed by atoms with Crippen LogP contribution in [0.25, 0.3) is 16.8 Å². The number of H-pyrrole nitrogens is 1. The van der Waals surface area contributed by atoms with Crippen molar-refractivity contribution in [2.45, 2.75) is 69.1 Å². The van der Waals surface area contributed by atoms with Crippen LogP contribution < -0.4 is 4.72 Å². The van der Waals surface area contributed by atoms with Crippen LogP contribution >= 0.6 is 0 Å². The molecule has 2 N–H and O–H groups in total. The zero-order chi connectivity index (χ0) is 19.3. The van der Waals surface area contributed by atoms with Gasteiger partial charge in [0.1, 0.15) is 5.82 Å². The van der Waals surface area contributed by atoms with Crippen molar-refractivity contribution in [3.8, 4) is 0 Å². The maximum atomic E-state index is 12.8. The quantitative estimate of drug-likeness (QED) is 0.683. The SMILES string of the molecule is CC[C@H]1C[C@@H](NS(=O)(=O)C2CCCC2)C[C@H]1c1nnc2cnc3[nH]ccc3n12. The molecule has 0 radical (unpaired) electrons. The monoisotopic (exact) mass is 402 g/mol. The summed E-state index contributed by atoms with van der Waals surface area (Å²) in [6.07, 6.45) is 9.81. The Bertz CT molecular complexity index is 1100. The molecule has 9 heteroatoms. The Kier molecular flexibility index (Phi) is 4.39. The Hall–Kier alpha value is -2.00. The molecule has 2 saturated carbocycles. The standard InChI is InChI=1S/C19H26N6O2S/c1-2-12-9-13(24-28(26,27)14-5-3-4-6-14)10-15(12)19-23-22-17-11-21-18-16(25(17)19)7-8-20-18/h7-8,11-15,20,24H,2-6,9-10H2,1H3/t12-,13+,15+/m0/s1. The van der Waals surface area contributed by atoms with Crippen LogP contribution in [0, 0.1) is 5.92 Å². The molecule has 0 aromatic carbocycles. The Morgan fingerprint density at radius 1 is 1.25 bits per heavy atom. The van der Waals surface area contributed by atoms with E-state index in [1.165, 1.54) is 0 Å². The lowest BCUT2D eigenvalue weighted by Gasteiger charge is -2.17. The van der Waals surface area contributed by atoms with Crippen molar-refractivity contribution in [1.29, 1.82) is 0 Å². The number of nitrogens with one attached hydrogen (secondary N) is 2. The van der Waals surface area contributed by atoms with E-state index in [1.807, 2.05) is 12.3 Å². The maximum absolute atomic E-state index is 12.8. The van der Waals surface area contributed by atoms with Crippen molar-refractivity contribution in [2.24, 2.45) is 5.92 Å². The topological polar surface area (TPSA) is 105 Å². The second-order valence-corrected chi connectivity index (χ2v) is 10.2. The average Bonchev–Trinajstić information content (AvgIpc) is 3.44. The maximum Gasteiger partial charge on any atom is 0.214 e. The van der Waals surface area contributed by atoms with Gasteiger partial charge in [0.25, 0.3) is 0 Å². The third-order valence-electron chi connectivity index (χ3n) is 6.59. The van der Waals surface area contributed by atoms with E-state index in [0.29, 0.717) is 5.92 Å². The lowest BCUT2D eigenvalue weighted by Crippen LogP contribution is -2.39. The Balaban J connectivity index is 1.45. The van der Waals surface area contributed by atoms with Crippen molar-refractivity contribution in [2.75, 3.05) is 0 Å². The molecule has 3 aromatic heterocycles. The van der Waals surface area contributed by atoms with Crippen molar-refractivity contribution in [3.05, 3.63) is 24.3 Å². The van der Waals surface area contributed by atoms with Crippen LogP contribution in [0.15, 0.2) is 18.5 Å². The molecule has 0 spiro atoms. The fraction of sp³-hybridized carbons (Fsp3) is 0.632. The Morgan fingerprint density at radius 2 is 2.07 bits per heavy atom. The van der Waals surface area contributed by atoms with Gasteiger partial charge in [-0.2, -0.15) is 0 Å². The third-order valence-corrected chi connectivity index (χ3v) is 8.60. The summed E-state index contributed by atoms with van der Waals surface area (Å²) in [6, 6.07) is 1.95. The molecule has 0 saturated heterocycles.